The molecular weight excluding hydrogens is 260 g/mol. The first-order chi connectivity index (χ1) is 10.2. The van der Waals surface area contributed by atoms with Crippen LogP contribution >= 0.6 is 0 Å². The van der Waals surface area contributed by atoms with Crippen LogP contribution in [0.3, 0.4) is 0 Å². The molecule has 1 fully saturated rings. The molecule has 1 saturated heterocycles. The SMILES string of the molecule is CCC1CN(C(C)Cc2ccccc2OC)C(CC)CN1. The standard InChI is InChI=1S/C18H30N2O/c1-5-16-13-20(17(6-2)12-19-16)14(3)11-15-9-7-8-10-18(15)21-4/h7-10,14,16-17,19H,5-6,11-13H2,1-4H3. The van der Waals surface area contributed by atoms with Gasteiger partial charge in [0.15, 0.2) is 0 Å². The van der Waals surface area contributed by atoms with Gasteiger partial charge in [0.2, 0.25) is 0 Å². The molecule has 1 heterocycles. The number of ether oxygens (including phenoxy) is 1. The molecule has 3 atom stereocenters. The lowest BCUT2D eigenvalue weighted by Crippen LogP contribution is -2.58. The summed E-state index contributed by atoms with van der Waals surface area (Å²) in [5.41, 5.74) is 1.31. The summed E-state index contributed by atoms with van der Waals surface area (Å²) in [7, 11) is 1.76. The fourth-order valence-corrected chi connectivity index (χ4v) is 3.39. The van der Waals surface area contributed by atoms with Crippen molar-refractivity contribution < 1.29 is 4.74 Å². The number of benzene rings is 1. The molecule has 0 radical (unpaired) electrons. The van der Waals surface area contributed by atoms with Gasteiger partial charge in [0.25, 0.3) is 0 Å². The Bertz CT molecular complexity index is 435. The Morgan fingerprint density at radius 3 is 2.71 bits per heavy atom. The summed E-state index contributed by atoms with van der Waals surface area (Å²) in [4.78, 5) is 2.69. The van der Waals surface area contributed by atoms with Crippen LogP contribution in [-0.2, 0) is 6.42 Å². The number of hydrogen-bond acceptors (Lipinski definition) is 3. The number of nitrogens with zero attached hydrogens (tertiary/aromatic N) is 1. The fourth-order valence-electron chi connectivity index (χ4n) is 3.39. The predicted molar refractivity (Wildman–Crippen MR) is 89.0 cm³/mol. The maximum Gasteiger partial charge on any atom is 0.122 e. The maximum atomic E-state index is 5.50. The van der Waals surface area contributed by atoms with Gasteiger partial charge in [-0.25, -0.2) is 0 Å². The van der Waals surface area contributed by atoms with Gasteiger partial charge >= 0.3 is 0 Å². The van der Waals surface area contributed by atoms with Crippen molar-refractivity contribution in [2.24, 2.45) is 0 Å². The molecule has 21 heavy (non-hydrogen) atoms. The van der Waals surface area contributed by atoms with Crippen LogP contribution < -0.4 is 10.1 Å². The topological polar surface area (TPSA) is 24.5 Å². The quantitative estimate of drug-likeness (QED) is 0.871. The van der Waals surface area contributed by atoms with Gasteiger partial charge in [0.1, 0.15) is 5.75 Å². The molecule has 0 spiro atoms. The van der Waals surface area contributed by atoms with E-state index in [0.29, 0.717) is 18.1 Å². The molecule has 0 aliphatic carbocycles. The zero-order valence-electron chi connectivity index (χ0n) is 13.9. The Balaban J connectivity index is 2.07. The number of rotatable bonds is 6. The normalized spacial score (nSPS) is 24.8. The lowest BCUT2D eigenvalue weighted by Gasteiger charge is -2.43. The highest BCUT2D eigenvalue weighted by Crippen LogP contribution is 2.23. The fraction of sp³-hybridized carbons (Fsp3) is 0.667. The molecule has 1 N–H and O–H groups in total. The van der Waals surface area contributed by atoms with Crippen LogP contribution in [0.15, 0.2) is 24.3 Å². The number of hydrogen-bond donors (Lipinski definition) is 1. The van der Waals surface area contributed by atoms with E-state index in [4.69, 9.17) is 4.74 Å². The van der Waals surface area contributed by atoms with Crippen LogP contribution in [0.5, 0.6) is 5.75 Å². The van der Waals surface area contributed by atoms with Gasteiger partial charge in [-0.3, -0.25) is 4.90 Å². The smallest absolute Gasteiger partial charge is 0.122 e. The summed E-state index contributed by atoms with van der Waals surface area (Å²) in [6.07, 6.45) is 3.46. The molecule has 0 bridgehead atoms. The number of para-hydroxylation sites is 1. The van der Waals surface area contributed by atoms with Crippen LogP contribution in [0.25, 0.3) is 0 Å². The summed E-state index contributed by atoms with van der Waals surface area (Å²) < 4.78 is 5.50. The maximum absolute atomic E-state index is 5.50. The summed E-state index contributed by atoms with van der Waals surface area (Å²) in [5, 5.41) is 3.67. The van der Waals surface area contributed by atoms with Crippen molar-refractivity contribution in [1.29, 1.82) is 0 Å². The Kier molecular flexibility index (Phi) is 6.07. The van der Waals surface area contributed by atoms with Crippen molar-refractivity contribution in [3.8, 4) is 5.75 Å². The van der Waals surface area contributed by atoms with E-state index < -0.39 is 0 Å². The van der Waals surface area contributed by atoms with Gasteiger partial charge in [-0.1, -0.05) is 32.0 Å². The van der Waals surface area contributed by atoms with E-state index in [2.05, 4.69) is 49.2 Å². The molecule has 2 rings (SSSR count). The van der Waals surface area contributed by atoms with E-state index in [0.717, 1.165) is 25.3 Å². The molecule has 1 aromatic rings. The number of piperazine rings is 1. The number of methoxy groups -OCH3 is 1. The van der Waals surface area contributed by atoms with Gasteiger partial charge in [0, 0.05) is 31.2 Å². The third-order valence-corrected chi connectivity index (χ3v) is 4.78. The summed E-state index contributed by atoms with van der Waals surface area (Å²) in [6.45, 7) is 9.19. The second kappa shape index (κ2) is 7.81. The largest absolute Gasteiger partial charge is 0.496 e. The minimum atomic E-state index is 0.544. The van der Waals surface area contributed by atoms with Gasteiger partial charge in [0.05, 0.1) is 7.11 Å². The zero-order valence-corrected chi connectivity index (χ0v) is 13.9. The van der Waals surface area contributed by atoms with E-state index in [1.807, 2.05) is 6.07 Å². The summed E-state index contributed by atoms with van der Waals surface area (Å²) >= 11 is 0. The van der Waals surface area contributed by atoms with E-state index in [-0.39, 0.29) is 0 Å². The van der Waals surface area contributed by atoms with E-state index in [1.165, 1.54) is 18.4 Å². The van der Waals surface area contributed by atoms with Crippen LogP contribution in [-0.4, -0.2) is 43.2 Å². The highest BCUT2D eigenvalue weighted by Gasteiger charge is 2.29. The van der Waals surface area contributed by atoms with Gasteiger partial charge in [-0.05, 0) is 37.8 Å². The second-order valence-electron chi connectivity index (χ2n) is 6.14. The van der Waals surface area contributed by atoms with Crippen LogP contribution in [0.4, 0.5) is 0 Å². The van der Waals surface area contributed by atoms with Crippen molar-refractivity contribution in [2.75, 3.05) is 20.2 Å². The Hall–Kier alpha value is -1.06. The predicted octanol–water partition coefficient (Wildman–Crippen LogP) is 3.09. The second-order valence-corrected chi connectivity index (χ2v) is 6.14. The molecule has 1 aromatic carbocycles. The first kappa shape index (κ1) is 16.3. The zero-order chi connectivity index (χ0) is 15.2. The Labute approximate surface area is 129 Å². The van der Waals surface area contributed by atoms with Crippen LogP contribution in [0, 0.1) is 0 Å². The average Bonchev–Trinajstić information content (AvgIpc) is 2.54. The van der Waals surface area contributed by atoms with Crippen LogP contribution in [0.2, 0.25) is 0 Å². The monoisotopic (exact) mass is 290 g/mol. The highest BCUT2D eigenvalue weighted by molar-refractivity contribution is 5.33. The van der Waals surface area contributed by atoms with E-state index in [1.54, 1.807) is 7.11 Å². The van der Waals surface area contributed by atoms with Crippen LogP contribution in [0.1, 0.15) is 39.2 Å². The molecule has 1 aliphatic rings. The summed E-state index contributed by atoms with van der Waals surface area (Å²) in [6, 6.07) is 10.2. The average molecular weight is 290 g/mol. The van der Waals surface area contributed by atoms with Crippen molar-refractivity contribution in [1.82, 2.24) is 10.2 Å². The van der Waals surface area contributed by atoms with Gasteiger partial charge in [-0.2, -0.15) is 0 Å². The minimum Gasteiger partial charge on any atom is -0.496 e. The lowest BCUT2D eigenvalue weighted by molar-refractivity contribution is 0.0848. The third-order valence-electron chi connectivity index (χ3n) is 4.78. The Morgan fingerprint density at radius 2 is 2.05 bits per heavy atom. The van der Waals surface area contributed by atoms with Crippen molar-refractivity contribution in [2.45, 2.75) is 58.2 Å². The molecule has 3 nitrogen and oxygen atoms in total. The van der Waals surface area contributed by atoms with E-state index >= 15 is 0 Å². The molecule has 118 valence electrons. The molecular formula is C18H30N2O. The lowest BCUT2D eigenvalue weighted by atomic mass is 9.98. The highest BCUT2D eigenvalue weighted by atomic mass is 16.5. The summed E-state index contributed by atoms with van der Waals surface area (Å²) in [5.74, 6) is 1.01. The molecule has 0 aromatic heterocycles. The van der Waals surface area contributed by atoms with Gasteiger partial charge < -0.3 is 10.1 Å². The van der Waals surface area contributed by atoms with Crippen molar-refractivity contribution in [3.05, 3.63) is 29.8 Å². The van der Waals surface area contributed by atoms with Crippen molar-refractivity contribution in [3.63, 3.8) is 0 Å². The molecule has 1 aliphatic heterocycles. The van der Waals surface area contributed by atoms with Gasteiger partial charge in [-0.15, -0.1) is 0 Å². The first-order valence-electron chi connectivity index (χ1n) is 8.30. The Morgan fingerprint density at radius 1 is 1.29 bits per heavy atom. The number of nitrogens with one attached hydrogen (secondary N) is 1. The third kappa shape index (κ3) is 3.98. The molecule has 0 saturated carbocycles. The molecule has 3 heteroatoms. The van der Waals surface area contributed by atoms with E-state index in [9.17, 15) is 0 Å². The molecule has 0 amide bonds. The minimum absolute atomic E-state index is 0.544. The van der Waals surface area contributed by atoms with Crippen molar-refractivity contribution >= 4 is 0 Å². The first-order valence-corrected chi connectivity index (χ1v) is 8.30. The molecule has 3 unspecified atom stereocenters.